The molecule has 0 amide bonds. The molecule has 0 unspecified atom stereocenters. The predicted molar refractivity (Wildman–Crippen MR) is 282 cm³/mol. The van der Waals surface area contributed by atoms with Gasteiger partial charge in [-0.1, -0.05) is 155 Å². The summed E-state index contributed by atoms with van der Waals surface area (Å²) in [5.41, 5.74) is 26.1. The fourth-order valence-corrected chi connectivity index (χ4v) is 10.9. The lowest BCUT2D eigenvalue weighted by Gasteiger charge is -2.30. The third kappa shape index (κ3) is 6.67. The van der Waals surface area contributed by atoms with Crippen LogP contribution < -0.4 is 10.9 Å². The topological polar surface area (TPSA) is 20.7 Å². The highest BCUT2D eigenvalue weighted by Crippen LogP contribution is 2.49. The van der Waals surface area contributed by atoms with Crippen molar-refractivity contribution in [3.8, 4) is 39.1 Å². The Morgan fingerprint density at radius 1 is 0.469 bits per heavy atom. The van der Waals surface area contributed by atoms with Crippen molar-refractivity contribution in [1.29, 1.82) is 0 Å². The lowest BCUT2D eigenvalue weighted by molar-refractivity contribution is 0.590. The second-order valence-corrected chi connectivity index (χ2v) is 23.4. The molecule has 3 heteroatoms. The summed E-state index contributed by atoms with van der Waals surface area (Å²) in [6, 6.07) is 43.1. The number of nitrogens with zero attached hydrogens (tertiary/aromatic N) is 1. The van der Waals surface area contributed by atoms with Crippen LogP contribution in [0.15, 0.2) is 109 Å². The Kier molecular flexibility index (Phi) is 9.29. The van der Waals surface area contributed by atoms with Gasteiger partial charge in [-0.15, -0.1) is 0 Å². The summed E-state index contributed by atoms with van der Waals surface area (Å²) in [6.45, 7) is 35.0. The van der Waals surface area contributed by atoms with E-state index in [9.17, 15) is 0 Å². The zero-order valence-electron chi connectivity index (χ0n) is 41.0. The van der Waals surface area contributed by atoms with Crippen molar-refractivity contribution in [3.63, 3.8) is 0 Å². The predicted octanol–water partition coefficient (Wildman–Crippen LogP) is 15.2. The number of aromatic amines is 1. The van der Waals surface area contributed by atoms with Crippen molar-refractivity contribution in [3.05, 3.63) is 148 Å². The highest BCUT2D eigenvalue weighted by molar-refractivity contribution is 6.73. The van der Waals surface area contributed by atoms with E-state index in [0.29, 0.717) is 0 Å². The van der Waals surface area contributed by atoms with Gasteiger partial charge < -0.3 is 9.55 Å². The second kappa shape index (κ2) is 14.1. The van der Waals surface area contributed by atoms with Crippen LogP contribution in [0, 0.1) is 20.8 Å². The Morgan fingerprint density at radius 2 is 1.03 bits per heavy atom. The smallest absolute Gasteiger partial charge is 0.198 e. The van der Waals surface area contributed by atoms with Gasteiger partial charge in [0, 0.05) is 43.8 Å². The molecule has 0 bridgehead atoms. The van der Waals surface area contributed by atoms with Crippen molar-refractivity contribution >= 4 is 61.8 Å². The molecule has 1 aliphatic heterocycles. The Morgan fingerprint density at radius 3 is 1.66 bits per heavy atom. The van der Waals surface area contributed by atoms with E-state index in [2.05, 4.69) is 223 Å². The Bertz CT molecular complexity index is 3370. The first-order chi connectivity index (χ1) is 30.0. The van der Waals surface area contributed by atoms with Crippen LogP contribution in [0.2, 0.25) is 0 Å². The first kappa shape index (κ1) is 42.2. The van der Waals surface area contributed by atoms with E-state index in [0.717, 1.165) is 7.28 Å². The molecule has 0 saturated carbocycles. The van der Waals surface area contributed by atoms with Crippen molar-refractivity contribution in [2.45, 2.75) is 126 Å². The fourth-order valence-electron chi connectivity index (χ4n) is 10.9. The number of nitrogens with one attached hydrogen (secondary N) is 1. The lowest BCUT2D eigenvalue weighted by atomic mass is 9.57. The zero-order chi connectivity index (χ0) is 45.6. The van der Waals surface area contributed by atoms with Gasteiger partial charge in [0.05, 0.1) is 11.0 Å². The molecule has 0 radical (unpaired) electrons. The van der Waals surface area contributed by atoms with Gasteiger partial charge in [0.1, 0.15) is 0 Å². The summed E-state index contributed by atoms with van der Waals surface area (Å²) in [5.74, 6) is 0. The molecule has 0 fully saturated rings. The van der Waals surface area contributed by atoms with Crippen molar-refractivity contribution < 1.29 is 0 Å². The molecule has 0 spiro atoms. The Labute approximate surface area is 382 Å². The van der Waals surface area contributed by atoms with Gasteiger partial charge >= 0.3 is 0 Å². The van der Waals surface area contributed by atoms with Gasteiger partial charge in [0.2, 0.25) is 0 Å². The van der Waals surface area contributed by atoms with E-state index in [4.69, 9.17) is 0 Å². The van der Waals surface area contributed by atoms with Crippen LogP contribution in [0.5, 0.6) is 0 Å². The maximum Gasteiger partial charge on any atom is 0.198 e. The maximum absolute atomic E-state index is 4.08. The number of hydrogen-bond acceptors (Lipinski definition) is 0. The minimum absolute atomic E-state index is 0.0210. The largest absolute Gasteiger partial charge is 0.354 e. The minimum Gasteiger partial charge on any atom is -0.354 e. The summed E-state index contributed by atoms with van der Waals surface area (Å²) < 4.78 is 2.66. The van der Waals surface area contributed by atoms with Crippen molar-refractivity contribution in [1.82, 2.24) is 9.55 Å². The summed E-state index contributed by atoms with van der Waals surface area (Å²) in [5, 5.41) is 5.27. The molecule has 1 aliphatic rings. The summed E-state index contributed by atoms with van der Waals surface area (Å²) in [6.07, 6.45) is 0. The third-order valence-electron chi connectivity index (χ3n) is 14.4. The van der Waals surface area contributed by atoms with Crippen LogP contribution in [0.3, 0.4) is 0 Å². The van der Waals surface area contributed by atoms with Crippen LogP contribution >= 0.6 is 0 Å². The van der Waals surface area contributed by atoms with E-state index in [1.807, 2.05) is 0 Å². The highest BCUT2D eigenvalue weighted by atomic mass is 15.0. The van der Waals surface area contributed by atoms with Crippen LogP contribution in [-0.4, -0.2) is 16.8 Å². The summed E-state index contributed by atoms with van der Waals surface area (Å²) >= 11 is 0. The number of fused-ring (bicyclic) bond motifs is 8. The van der Waals surface area contributed by atoms with E-state index in [-0.39, 0.29) is 21.7 Å². The van der Waals surface area contributed by atoms with Crippen LogP contribution in [0.1, 0.15) is 122 Å². The fraction of sp³-hybridized carbons (Fsp3) is 0.311. The van der Waals surface area contributed by atoms with Gasteiger partial charge in [-0.25, -0.2) is 0 Å². The lowest BCUT2D eigenvalue weighted by Crippen LogP contribution is -2.38. The van der Waals surface area contributed by atoms with Crippen molar-refractivity contribution in [2.75, 3.05) is 0 Å². The SMILES string of the molecule is Cc1cc(C)c(-c2cc3c(c(-c4cc(C(C)(C)C)cc5c4[nH]c4ccc(C(C)(C)C)cc45)c2-c2ccccc2)Bc2cc(C(C)(C)C)cc4c5cc(C(C)(C)C)ccc5n-3c24)c(C)c1. The quantitative estimate of drug-likeness (QED) is 0.171. The molecular formula is C61H65BN2. The molecule has 0 aliphatic carbocycles. The molecule has 3 heterocycles. The van der Waals surface area contributed by atoms with Crippen LogP contribution in [-0.2, 0) is 21.7 Å². The number of H-pyrrole nitrogens is 1. The average molecular weight is 837 g/mol. The monoisotopic (exact) mass is 837 g/mol. The first-order valence-electron chi connectivity index (χ1n) is 23.6. The minimum atomic E-state index is -0.0926. The highest BCUT2D eigenvalue weighted by Gasteiger charge is 2.34. The molecule has 1 N–H and O–H groups in total. The Balaban J connectivity index is 1.46. The summed E-state index contributed by atoms with van der Waals surface area (Å²) in [7, 11) is 0.829. The molecule has 10 rings (SSSR count). The number of rotatable bonds is 3. The molecule has 9 aromatic rings. The number of aromatic nitrogens is 2. The normalized spacial score (nSPS) is 13.4. The Hall–Kier alpha value is -5.80. The van der Waals surface area contributed by atoms with Crippen LogP contribution in [0.25, 0.3) is 82.7 Å². The third-order valence-corrected chi connectivity index (χ3v) is 14.4. The molecule has 2 nitrogen and oxygen atoms in total. The van der Waals surface area contributed by atoms with E-state index >= 15 is 0 Å². The molecule has 322 valence electrons. The molecule has 64 heavy (non-hydrogen) atoms. The van der Waals surface area contributed by atoms with Crippen molar-refractivity contribution in [2.24, 2.45) is 0 Å². The molecule has 2 aromatic heterocycles. The number of aryl methyl sites for hydroxylation is 3. The molecule has 7 aromatic carbocycles. The molecular weight excluding hydrogens is 771 g/mol. The molecule has 0 saturated heterocycles. The summed E-state index contributed by atoms with van der Waals surface area (Å²) in [4.78, 5) is 4.08. The van der Waals surface area contributed by atoms with Crippen LogP contribution in [0.4, 0.5) is 0 Å². The second-order valence-electron chi connectivity index (χ2n) is 23.4. The number of hydrogen-bond donors (Lipinski definition) is 1. The van der Waals surface area contributed by atoms with E-state index in [1.165, 1.54) is 133 Å². The standard InChI is InChI=1S/C61H65BN2/c1-34-25-35(2)52(36(3)26-34)46-33-51-55(62-48-32-41(61(13,14)15)30-45-43-28-39(59(7,8)9)22-24-50(43)64(51)57(45)48)54(53(46)37-19-17-16-18-20-37)47-31-40(60(10,11)12)29-44-42-27-38(58(4,5)6)21-23-49(42)63-56(44)47/h16-33,62-63H,1-15H3. The zero-order valence-corrected chi connectivity index (χ0v) is 41.0. The maximum atomic E-state index is 4.08. The molecule has 0 atom stereocenters. The van der Waals surface area contributed by atoms with Gasteiger partial charge in [-0.2, -0.15) is 0 Å². The van der Waals surface area contributed by atoms with Gasteiger partial charge in [-0.3, -0.25) is 0 Å². The van der Waals surface area contributed by atoms with Gasteiger partial charge in [-0.05, 0) is 158 Å². The van der Waals surface area contributed by atoms with E-state index in [1.54, 1.807) is 0 Å². The van der Waals surface area contributed by atoms with Gasteiger partial charge in [0.15, 0.2) is 7.28 Å². The average Bonchev–Trinajstić information content (AvgIpc) is 3.75. The van der Waals surface area contributed by atoms with Gasteiger partial charge in [0.25, 0.3) is 0 Å². The number of benzene rings is 7. The first-order valence-corrected chi connectivity index (χ1v) is 23.6. The van der Waals surface area contributed by atoms with E-state index < -0.39 is 0 Å².